The summed E-state index contributed by atoms with van der Waals surface area (Å²) in [6.07, 6.45) is 1.69. The standard InChI is InChI=1S/C56H80N16O15/c1-28(2)18-38(49(80)72-44(26-73)54(85)70-42(23-45(58)75)53(84)69-41(22-32-25-61-27-64-32)52(83)71-43(55(86)87)19-29(3)4)67-48(79)37(15-16-46(76)77)65-51(82)40(21-31-24-63-36-10-6-5-8-34(31)36)68-50(81)39(20-30-11-13-33(74)14-12-30)66-47(78)35(57)9-7-17-62-56(59)60/h5-6,8,10-14,24-25,27-29,35,37-44,63,73-74H,7,9,15-23,26,57H2,1-4H3,(H2,58,75)(H,61,64)(H,65,82)(H,66,78)(H,67,79)(H,68,81)(H,69,84)(H,70,85)(H,71,83)(H,72,80)(H,76,77)(H,86,87)(H4,59,60,62)/t35-,37-,38-,39-,40-,41-,42-,43-,44-/m0/s1. The van der Waals surface area contributed by atoms with E-state index in [0.717, 1.165) is 0 Å². The highest BCUT2D eigenvalue weighted by molar-refractivity contribution is 5.99. The molecule has 9 amide bonds. The highest BCUT2D eigenvalue weighted by atomic mass is 16.4. The number of H-pyrrole nitrogens is 2. The number of benzene rings is 2. The van der Waals surface area contributed by atoms with Gasteiger partial charge < -0.3 is 95.9 Å². The molecule has 9 atom stereocenters. The fourth-order valence-electron chi connectivity index (χ4n) is 9.00. The quantitative estimate of drug-likeness (QED) is 0.0120. The second-order valence-electron chi connectivity index (χ2n) is 21.6. The third-order valence-corrected chi connectivity index (χ3v) is 13.5. The van der Waals surface area contributed by atoms with Gasteiger partial charge in [0.15, 0.2) is 5.96 Å². The molecule has 0 unspecified atom stereocenters. The lowest BCUT2D eigenvalue weighted by atomic mass is 10.00. The first-order valence-corrected chi connectivity index (χ1v) is 28.0. The predicted octanol–water partition coefficient (Wildman–Crippen LogP) is -3.21. The Morgan fingerprint density at radius 2 is 1.09 bits per heavy atom. The molecule has 0 aliphatic carbocycles. The van der Waals surface area contributed by atoms with Crippen molar-refractivity contribution in [1.29, 1.82) is 0 Å². The van der Waals surface area contributed by atoms with Gasteiger partial charge in [-0.2, -0.15) is 0 Å². The van der Waals surface area contributed by atoms with E-state index in [4.69, 9.17) is 22.9 Å². The number of aliphatic hydroxyl groups is 1. The average Bonchev–Trinajstić information content (AvgIpc) is 2.69. The number of amides is 9. The van der Waals surface area contributed by atoms with E-state index in [1.165, 1.54) is 36.8 Å². The first kappa shape index (κ1) is 69.8. The number of aliphatic imine (C=N–C) groups is 1. The Morgan fingerprint density at radius 3 is 1.67 bits per heavy atom. The molecule has 31 heteroatoms. The number of carboxylic acids is 2. The van der Waals surface area contributed by atoms with E-state index in [1.807, 2.05) is 0 Å². The number of carbonyl (C=O) groups is 11. The molecule has 0 saturated heterocycles. The molecule has 0 radical (unpaired) electrons. The SMILES string of the molecule is CC(C)C[C@H](NC(=O)[C@H](Cc1cnc[nH]1)NC(=O)[C@H](CC(N)=O)NC(=O)[C@H](CO)NC(=O)[C@H](CC(C)C)NC(=O)[C@H](CCC(=O)O)NC(=O)[C@H](Cc1c[nH]c2ccccc12)NC(=O)[C@H](Cc1ccc(O)cc1)NC(=O)[C@@H](N)CCCN=C(N)N)C(=O)O. The van der Waals surface area contributed by atoms with Crippen LogP contribution in [-0.2, 0) is 72.0 Å². The number of aromatic nitrogens is 3. The average molecular weight is 1220 g/mol. The van der Waals surface area contributed by atoms with Crippen LogP contribution in [0.4, 0.5) is 0 Å². The number of nitrogens with zero attached hydrogens (tertiary/aromatic N) is 2. The van der Waals surface area contributed by atoms with Gasteiger partial charge in [-0.3, -0.25) is 52.9 Å². The van der Waals surface area contributed by atoms with Gasteiger partial charge >= 0.3 is 11.9 Å². The molecule has 22 N–H and O–H groups in total. The zero-order chi connectivity index (χ0) is 64.5. The first-order chi connectivity index (χ1) is 41.1. The van der Waals surface area contributed by atoms with E-state index in [-0.39, 0.29) is 68.6 Å². The summed E-state index contributed by atoms with van der Waals surface area (Å²) in [5.74, 6) is -12.8. The summed E-state index contributed by atoms with van der Waals surface area (Å²) in [6.45, 7) is 5.84. The molecule has 0 spiro atoms. The number of primary amides is 1. The van der Waals surface area contributed by atoms with E-state index >= 15 is 0 Å². The van der Waals surface area contributed by atoms with Crippen molar-refractivity contribution in [2.24, 2.45) is 39.8 Å². The Kier molecular flexibility index (Phi) is 27.6. The first-order valence-electron chi connectivity index (χ1n) is 28.0. The van der Waals surface area contributed by atoms with Gasteiger partial charge in [-0.15, -0.1) is 0 Å². The minimum Gasteiger partial charge on any atom is -0.508 e. The van der Waals surface area contributed by atoms with E-state index in [9.17, 15) is 73.2 Å². The van der Waals surface area contributed by atoms with E-state index < -0.39 is 145 Å². The van der Waals surface area contributed by atoms with Gasteiger partial charge in [-0.25, -0.2) is 9.78 Å². The fourth-order valence-corrected chi connectivity index (χ4v) is 9.00. The number of hydrogen-bond acceptors (Lipinski definition) is 16. The summed E-state index contributed by atoms with van der Waals surface area (Å²) in [5, 5.41) is 60.3. The molecule has 87 heavy (non-hydrogen) atoms. The van der Waals surface area contributed by atoms with E-state index in [2.05, 4.69) is 62.5 Å². The second kappa shape index (κ2) is 34.3. The normalized spacial score (nSPS) is 14.3. The molecule has 2 aromatic heterocycles. The highest BCUT2D eigenvalue weighted by Crippen LogP contribution is 2.20. The molecule has 0 saturated carbocycles. The molecule has 0 fully saturated rings. The topological polar surface area (TPSA) is 526 Å². The molecule has 0 aliphatic heterocycles. The number of guanidine groups is 1. The second-order valence-corrected chi connectivity index (χ2v) is 21.6. The largest absolute Gasteiger partial charge is 0.508 e. The number of carboxylic acid groups (broad SMARTS) is 2. The zero-order valence-corrected chi connectivity index (χ0v) is 48.7. The number of fused-ring (bicyclic) bond motifs is 1. The van der Waals surface area contributed by atoms with Crippen LogP contribution in [0.15, 0.2) is 72.2 Å². The van der Waals surface area contributed by atoms with Crippen LogP contribution in [0.1, 0.15) is 89.5 Å². The molecular weight excluding hydrogens is 1140 g/mol. The van der Waals surface area contributed by atoms with Crippen LogP contribution in [0.2, 0.25) is 0 Å². The Hall–Kier alpha value is -9.65. The summed E-state index contributed by atoms with van der Waals surface area (Å²) in [7, 11) is 0. The van der Waals surface area contributed by atoms with Gasteiger partial charge in [0.05, 0.1) is 25.4 Å². The predicted molar refractivity (Wildman–Crippen MR) is 314 cm³/mol. The van der Waals surface area contributed by atoms with Crippen LogP contribution >= 0.6 is 0 Å². The summed E-state index contributed by atoms with van der Waals surface area (Å²) in [4.78, 5) is 162. The van der Waals surface area contributed by atoms with Crippen molar-refractivity contribution in [2.75, 3.05) is 13.2 Å². The summed E-state index contributed by atoms with van der Waals surface area (Å²) < 4.78 is 0. The monoisotopic (exact) mass is 1220 g/mol. The van der Waals surface area contributed by atoms with Crippen LogP contribution in [0.3, 0.4) is 0 Å². The molecule has 2 aromatic carbocycles. The van der Waals surface area contributed by atoms with Crippen molar-refractivity contribution in [3.63, 3.8) is 0 Å². The molecule has 31 nitrogen and oxygen atoms in total. The maximum Gasteiger partial charge on any atom is 0.326 e. The maximum absolute atomic E-state index is 14.7. The number of carbonyl (C=O) groups excluding carboxylic acids is 9. The number of aromatic amines is 2. The van der Waals surface area contributed by atoms with Crippen LogP contribution < -0.4 is 65.5 Å². The molecule has 0 bridgehead atoms. The van der Waals surface area contributed by atoms with Crippen molar-refractivity contribution in [3.05, 3.63) is 84.1 Å². The van der Waals surface area contributed by atoms with Gasteiger partial charge in [0, 0.05) is 61.2 Å². The number of aliphatic hydroxyl groups excluding tert-OH is 1. The smallest absolute Gasteiger partial charge is 0.326 e. The number of phenolic OH excluding ortho intramolecular Hbond substituents is 1. The van der Waals surface area contributed by atoms with E-state index in [0.29, 0.717) is 34.1 Å². The maximum atomic E-state index is 14.7. The molecule has 4 rings (SSSR count). The number of aromatic hydroxyl groups is 1. The number of rotatable bonds is 37. The Bertz CT molecular complexity index is 3040. The Morgan fingerprint density at radius 1 is 0.586 bits per heavy atom. The Balaban J connectivity index is 1.60. The number of hydrogen-bond donors (Lipinski definition) is 18. The number of nitrogens with one attached hydrogen (secondary N) is 10. The van der Waals surface area contributed by atoms with Crippen molar-refractivity contribution in [3.8, 4) is 5.75 Å². The van der Waals surface area contributed by atoms with Crippen molar-refractivity contribution in [1.82, 2.24) is 57.5 Å². The number of para-hydroxylation sites is 1. The van der Waals surface area contributed by atoms with Crippen LogP contribution in [0, 0.1) is 11.8 Å². The number of phenols is 1. The number of nitrogens with two attached hydrogens (primary N) is 4. The molecular formula is C56H80N16O15. The Labute approximate surface area is 500 Å². The minimum absolute atomic E-state index is 0.0256. The molecule has 474 valence electrons. The van der Waals surface area contributed by atoms with Crippen molar-refractivity contribution in [2.45, 2.75) is 146 Å². The molecule has 2 heterocycles. The summed E-state index contributed by atoms with van der Waals surface area (Å²) >= 11 is 0. The van der Waals surface area contributed by atoms with Gasteiger partial charge in [0.1, 0.15) is 54.1 Å². The van der Waals surface area contributed by atoms with Crippen molar-refractivity contribution < 1.29 is 73.2 Å². The van der Waals surface area contributed by atoms with Crippen LogP contribution in [-0.4, -0.2) is 174 Å². The van der Waals surface area contributed by atoms with Gasteiger partial charge in [0.2, 0.25) is 53.2 Å². The lowest BCUT2D eigenvalue weighted by molar-refractivity contribution is -0.143. The van der Waals surface area contributed by atoms with E-state index in [1.54, 1.807) is 58.2 Å². The third kappa shape index (κ3) is 23.7. The lowest BCUT2D eigenvalue weighted by Crippen LogP contribution is -2.61. The van der Waals surface area contributed by atoms with Gasteiger partial charge in [-0.1, -0.05) is 58.0 Å². The number of aliphatic carboxylic acids is 2. The molecule has 0 aliphatic rings. The third-order valence-electron chi connectivity index (χ3n) is 13.5. The number of imidazole rings is 1. The van der Waals surface area contributed by atoms with Crippen molar-refractivity contribution >= 4 is 82.0 Å². The van der Waals surface area contributed by atoms with Crippen LogP contribution in [0.5, 0.6) is 5.75 Å². The van der Waals surface area contributed by atoms with Gasteiger partial charge in [-0.05, 0) is 73.3 Å². The lowest BCUT2D eigenvalue weighted by Gasteiger charge is -2.28. The molecule has 4 aromatic rings. The van der Waals surface area contributed by atoms with Crippen LogP contribution in [0.25, 0.3) is 10.9 Å². The highest BCUT2D eigenvalue weighted by Gasteiger charge is 2.36. The fraction of sp³-hybridized carbons (Fsp3) is 0.482. The van der Waals surface area contributed by atoms with Gasteiger partial charge in [0.25, 0.3) is 0 Å². The summed E-state index contributed by atoms with van der Waals surface area (Å²) in [5.41, 5.74) is 24.4. The zero-order valence-electron chi connectivity index (χ0n) is 48.7. The minimum atomic E-state index is -1.89. The summed E-state index contributed by atoms with van der Waals surface area (Å²) in [6, 6.07) is -1.23.